The molecule has 3 heteroatoms. The van der Waals surface area contributed by atoms with Crippen LogP contribution in [0.15, 0.2) is 42.5 Å². The molecular weight excluding hydrogens is 234 g/mol. The Kier molecular flexibility index (Phi) is 4.39. The van der Waals surface area contributed by atoms with E-state index in [1.807, 2.05) is 31.2 Å². The van der Waals surface area contributed by atoms with Gasteiger partial charge in [-0.3, -0.25) is 0 Å². The summed E-state index contributed by atoms with van der Waals surface area (Å²) in [5.74, 6) is 1.02. The van der Waals surface area contributed by atoms with E-state index in [-0.39, 0.29) is 0 Å². The third kappa shape index (κ3) is 3.47. The number of para-hydroxylation sites is 1. The van der Waals surface area contributed by atoms with Crippen LogP contribution in [-0.2, 0) is 6.54 Å². The number of nitrogens with zero attached hydrogens (tertiary/aromatic N) is 2. The van der Waals surface area contributed by atoms with Crippen molar-refractivity contribution in [3.8, 4) is 0 Å². The quantitative estimate of drug-likeness (QED) is 0.833. The van der Waals surface area contributed by atoms with Gasteiger partial charge in [-0.25, -0.2) is 4.98 Å². The first-order valence-electron chi connectivity index (χ1n) is 6.72. The van der Waals surface area contributed by atoms with Crippen LogP contribution in [0.2, 0.25) is 0 Å². The van der Waals surface area contributed by atoms with Crippen LogP contribution in [0, 0.1) is 6.92 Å². The van der Waals surface area contributed by atoms with Crippen molar-refractivity contribution in [3.63, 3.8) is 0 Å². The molecule has 3 nitrogen and oxygen atoms in total. The fourth-order valence-electron chi connectivity index (χ4n) is 2.13. The number of aromatic nitrogens is 1. The number of rotatable bonds is 5. The molecule has 100 valence electrons. The third-order valence-electron chi connectivity index (χ3n) is 3.11. The van der Waals surface area contributed by atoms with Gasteiger partial charge in [-0.15, -0.1) is 0 Å². The van der Waals surface area contributed by atoms with Crippen LogP contribution in [0.3, 0.4) is 0 Å². The minimum Gasteiger partial charge on any atom is -0.398 e. The Labute approximate surface area is 115 Å². The van der Waals surface area contributed by atoms with Crippen molar-refractivity contribution in [3.05, 3.63) is 53.7 Å². The first-order valence-corrected chi connectivity index (χ1v) is 6.72. The van der Waals surface area contributed by atoms with Crippen molar-refractivity contribution in [1.82, 2.24) is 4.98 Å². The molecule has 0 saturated carbocycles. The fraction of sp³-hybridized carbons (Fsp3) is 0.312. The molecule has 1 heterocycles. The molecule has 0 spiro atoms. The Bertz CT molecular complexity index is 537. The van der Waals surface area contributed by atoms with E-state index < -0.39 is 0 Å². The first kappa shape index (κ1) is 13.4. The van der Waals surface area contributed by atoms with Crippen molar-refractivity contribution in [2.75, 3.05) is 17.2 Å². The molecular formula is C16H21N3. The van der Waals surface area contributed by atoms with Gasteiger partial charge in [-0.05, 0) is 37.1 Å². The summed E-state index contributed by atoms with van der Waals surface area (Å²) in [6, 6.07) is 14.1. The van der Waals surface area contributed by atoms with Crippen molar-refractivity contribution < 1.29 is 0 Å². The second kappa shape index (κ2) is 6.23. The van der Waals surface area contributed by atoms with E-state index in [1.54, 1.807) is 0 Å². The Balaban J connectivity index is 2.24. The summed E-state index contributed by atoms with van der Waals surface area (Å²) in [5.41, 5.74) is 9.06. The van der Waals surface area contributed by atoms with Gasteiger partial charge >= 0.3 is 0 Å². The van der Waals surface area contributed by atoms with Crippen LogP contribution in [0.5, 0.6) is 0 Å². The molecule has 2 aromatic rings. The van der Waals surface area contributed by atoms with Crippen molar-refractivity contribution >= 4 is 11.5 Å². The van der Waals surface area contributed by atoms with Gasteiger partial charge in [-0.1, -0.05) is 31.2 Å². The van der Waals surface area contributed by atoms with Gasteiger partial charge in [0.15, 0.2) is 0 Å². The summed E-state index contributed by atoms with van der Waals surface area (Å²) in [7, 11) is 0. The summed E-state index contributed by atoms with van der Waals surface area (Å²) in [6.45, 7) is 5.98. The third-order valence-corrected chi connectivity index (χ3v) is 3.11. The van der Waals surface area contributed by atoms with E-state index in [0.29, 0.717) is 0 Å². The molecule has 0 atom stereocenters. The molecule has 0 aliphatic carbocycles. The summed E-state index contributed by atoms with van der Waals surface area (Å²) in [6.07, 6.45) is 1.09. The van der Waals surface area contributed by atoms with Gasteiger partial charge in [0, 0.05) is 24.5 Å². The molecule has 0 aliphatic heterocycles. The highest BCUT2D eigenvalue weighted by atomic mass is 15.2. The second-order valence-corrected chi connectivity index (χ2v) is 4.76. The van der Waals surface area contributed by atoms with Gasteiger partial charge in [0.05, 0.1) is 0 Å². The van der Waals surface area contributed by atoms with E-state index in [1.165, 1.54) is 0 Å². The second-order valence-electron chi connectivity index (χ2n) is 4.76. The number of benzene rings is 1. The van der Waals surface area contributed by atoms with Gasteiger partial charge in [-0.2, -0.15) is 0 Å². The summed E-state index contributed by atoms with van der Waals surface area (Å²) >= 11 is 0. The minimum absolute atomic E-state index is 0.803. The maximum Gasteiger partial charge on any atom is 0.129 e. The van der Waals surface area contributed by atoms with Crippen molar-refractivity contribution in [2.45, 2.75) is 26.8 Å². The predicted molar refractivity (Wildman–Crippen MR) is 81.2 cm³/mol. The standard InChI is InChI=1S/C16H21N3/c1-3-11-19(16-10-6-7-13(2)18-16)12-14-8-4-5-9-15(14)17/h4-10H,3,11-12,17H2,1-2H3. The van der Waals surface area contributed by atoms with Crippen molar-refractivity contribution in [2.24, 2.45) is 0 Å². The molecule has 1 aromatic carbocycles. The number of aryl methyl sites for hydroxylation is 1. The van der Waals surface area contributed by atoms with Crippen molar-refractivity contribution in [1.29, 1.82) is 0 Å². The molecule has 0 aliphatic rings. The maximum atomic E-state index is 6.03. The van der Waals surface area contributed by atoms with Crippen LogP contribution < -0.4 is 10.6 Å². The average Bonchev–Trinajstić information content (AvgIpc) is 2.40. The SMILES string of the molecule is CCCN(Cc1ccccc1N)c1cccc(C)n1. The Morgan fingerprint density at radius 1 is 1.11 bits per heavy atom. The lowest BCUT2D eigenvalue weighted by Gasteiger charge is -2.24. The van der Waals surface area contributed by atoms with E-state index in [4.69, 9.17) is 5.73 Å². The lowest BCUT2D eigenvalue weighted by atomic mass is 10.1. The predicted octanol–water partition coefficient (Wildman–Crippen LogP) is 3.39. The van der Waals surface area contributed by atoms with E-state index in [0.717, 1.165) is 42.3 Å². The monoisotopic (exact) mass is 255 g/mol. The highest BCUT2D eigenvalue weighted by Gasteiger charge is 2.09. The Hall–Kier alpha value is -2.03. The summed E-state index contributed by atoms with van der Waals surface area (Å²) in [4.78, 5) is 6.88. The largest absolute Gasteiger partial charge is 0.398 e. The maximum absolute atomic E-state index is 6.03. The fourth-order valence-corrected chi connectivity index (χ4v) is 2.13. The first-order chi connectivity index (χ1) is 9.20. The van der Waals surface area contributed by atoms with E-state index in [9.17, 15) is 0 Å². The Morgan fingerprint density at radius 2 is 1.89 bits per heavy atom. The van der Waals surface area contributed by atoms with E-state index >= 15 is 0 Å². The van der Waals surface area contributed by atoms with Crippen LogP contribution in [0.4, 0.5) is 11.5 Å². The average molecular weight is 255 g/mol. The van der Waals surface area contributed by atoms with Crippen LogP contribution in [0.25, 0.3) is 0 Å². The molecule has 0 saturated heterocycles. The zero-order chi connectivity index (χ0) is 13.7. The topological polar surface area (TPSA) is 42.1 Å². The number of nitrogens with two attached hydrogens (primary N) is 1. The summed E-state index contributed by atoms with van der Waals surface area (Å²) < 4.78 is 0. The lowest BCUT2D eigenvalue weighted by molar-refractivity contribution is 0.754. The highest BCUT2D eigenvalue weighted by Crippen LogP contribution is 2.19. The molecule has 0 unspecified atom stereocenters. The van der Waals surface area contributed by atoms with Gasteiger partial charge < -0.3 is 10.6 Å². The molecule has 0 radical (unpaired) electrons. The normalized spacial score (nSPS) is 10.4. The minimum atomic E-state index is 0.803. The molecule has 2 rings (SSSR count). The molecule has 19 heavy (non-hydrogen) atoms. The van der Waals surface area contributed by atoms with Gasteiger partial charge in [0.2, 0.25) is 0 Å². The smallest absolute Gasteiger partial charge is 0.129 e. The number of pyridine rings is 1. The number of hydrogen-bond donors (Lipinski definition) is 1. The summed E-state index contributed by atoms with van der Waals surface area (Å²) in [5, 5.41) is 0. The molecule has 0 fully saturated rings. The Morgan fingerprint density at radius 3 is 2.58 bits per heavy atom. The number of hydrogen-bond acceptors (Lipinski definition) is 3. The molecule has 0 bridgehead atoms. The highest BCUT2D eigenvalue weighted by molar-refractivity contribution is 5.49. The zero-order valence-corrected chi connectivity index (χ0v) is 11.6. The zero-order valence-electron chi connectivity index (χ0n) is 11.6. The molecule has 1 aromatic heterocycles. The van der Waals surface area contributed by atoms with Crippen LogP contribution in [-0.4, -0.2) is 11.5 Å². The van der Waals surface area contributed by atoms with Gasteiger partial charge in [0.1, 0.15) is 5.82 Å². The number of nitrogen functional groups attached to an aromatic ring is 1. The lowest BCUT2D eigenvalue weighted by Crippen LogP contribution is -2.25. The molecule has 0 amide bonds. The van der Waals surface area contributed by atoms with Crippen LogP contribution >= 0.6 is 0 Å². The van der Waals surface area contributed by atoms with Crippen LogP contribution in [0.1, 0.15) is 24.6 Å². The molecule has 2 N–H and O–H groups in total. The van der Waals surface area contributed by atoms with Gasteiger partial charge in [0.25, 0.3) is 0 Å². The number of anilines is 2. The van der Waals surface area contributed by atoms with E-state index in [2.05, 4.69) is 35.0 Å².